The molecule has 0 unspecified atom stereocenters. The van der Waals surface area contributed by atoms with Crippen LogP contribution in [0.3, 0.4) is 0 Å². The standard InChI is InChI=1S/C33H26N4O3/c1-21(23-11-13-26(14-12-23)33(39)40)36-32(38)28-18-27(24-6-3-2-4-7-24)19-37-20-35-30(31(28)37)17-22-9-10-25-8-5-15-34-29(25)16-22/h2-16,18-21H,17H2,1H3,(H,36,38)(H,39,40)/t21-/m0/s1. The average Bonchev–Trinajstić information content (AvgIpc) is 3.39. The fourth-order valence-electron chi connectivity index (χ4n) is 4.98. The van der Waals surface area contributed by atoms with E-state index in [9.17, 15) is 14.7 Å². The van der Waals surface area contributed by atoms with Crippen LogP contribution in [0.25, 0.3) is 27.5 Å². The minimum atomic E-state index is -0.987. The fourth-order valence-corrected chi connectivity index (χ4v) is 4.98. The molecule has 0 saturated carbocycles. The molecule has 0 spiro atoms. The molecule has 0 aliphatic rings. The largest absolute Gasteiger partial charge is 0.478 e. The highest BCUT2D eigenvalue weighted by Crippen LogP contribution is 2.27. The molecule has 196 valence electrons. The van der Waals surface area contributed by atoms with Gasteiger partial charge in [-0.3, -0.25) is 9.78 Å². The van der Waals surface area contributed by atoms with Gasteiger partial charge < -0.3 is 14.8 Å². The molecule has 0 radical (unpaired) electrons. The Hall–Kier alpha value is -5.30. The van der Waals surface area contributed by atoms with Crippen molar-refractivity contribution >= 4 is 28.3 Å². The van der Waals surface area contributed by atoms with Crippen molar-refractivity contribution in [3.8, 4) is 11.1 Å². The number of nitrogens with zero attached hydrogens (tertiary/aromatic N) is 3. The molecular formula is C33H26N4O3. The predicted octanol–water partition coefficient (Wildman–Crippen LogP) is 6.33. The molecule has 7 heteroatoms. The number of aromatic nitrogens is 3. The van der Waals surface area contributed by atoms with Crippen LogP contribution in [0.1, 0.15) is 50.5 Å². The molecule has 1 amide bonds. The number of hydrogen-bond donors (Lipinski definition) is 2. The van der Waals surface area contributed by atoms with E-state index in [0.29, 0.717) is 12.0 Å². The maximum Gasteiger partial charge on any atom is 0.335 e. The van der Waals surface area contributed by atoms with Gasteiger partial charge in [-0.15, -0.1) is 0 Å². The summed E-state index contributed by atoms with van der Waals surface area (Å²) in [6.07, 6.45) is 6.07. The smallest absolute Gasteiger partial charge is 0.335 e. The Kier molecular flexibility index (Phi) is 6.54. The summed E-state index contributed by atoms with van der Waals surface area (Å²) in [6, 6.07) is 28.1. The zero-order valence-corrected chi connectivity index (χ0v) is 21.8. The number of aromatic carboxylic acids is 1. The second kappa shape index (κ2) is 10.5. The Morgan fingerprint density at radius 1 is 0.900 bits per heavy atom. The van der Waals surface area contributed by atoms with Gasteiger partial charge in [0.2, 0.25) is 0 Å². The molecule has 2 N–H and O–H groups in total. The van der Waals surface area contributed by atoms with Crippen molar-refractivity contribution in [3.63, 3.8) is 0 Å². The molecule has 0 saturated heterocycles. The topological polar surface area (TPSA) is 96.6 Å². The number of hydrogen-bond acceptors (Lipinski definition) is 4. The van der Waals surface area contributed by atoms with Crippen LogP contribution in [0, 0.1) is 0 Å². The average molecular weight is 527 g/mol. The number of nitrogens with one attached hydrogen (secondary N) is 1. The van der Waals surface area contributed by atoms with E-state index in [4.69, 9.17) is 4.98 Å². The lowest BCUT2D eigenvalue weighted by Gasteiger charge is -2.16. The normalized spacial score (nSPS) is 11.9. The molecule has 0 aliphatic heterocycles. The molecule has 0 bridgehead atoms. The van der Waals surface area contributed by atoms with E-state index in [-0.39, 0.29) is 17.5 Å². The maximum atomic E-state index is 13.8. The van der Waals surface area contributed by atoms with Crippen LogP contribution in [-0.2, 0) is 6.42 Å². The molecule has 40 heavy (non-hydrogen) atoms. The molecule has 6 aromatic rings. The summed E-state index contributed by atoms with van der Waals surface area (Å²) >= 11 is 0. The van der Waals surface area contributed by atoms with E-state index in [0.717, 1.165) is 44.4 Å². The first-order valence-electron chi connectivity index (χ1n) is 13.0. The van der Waals surface area contributed by atoms with Crippen molar-refractivity contribution in [2.24, 2.45) is 0 Å². The van der Waals surface area contributed by atoms with Gasteiger partial charge in [-0.2, -0.15) is 0 Å². The summed E-state index contributed by atoms with van der Waals surface area (Å²) in [6.45, 7) is 1.88. The summed E-state index contributed by atoms with van der Waals surface area (Å²) in [5.74, 6) is -1.22. The lowest BCUT2D eigenvalue weighted by molar-refractivity contribution is 0.0696. The quantitative estimate of drug-likeness (QED) is 0.253. The zero-order chi connectivity index (χ0) is 27.6. The number of rotatable bonds is 7. The molecule has 3 aromatic heterocycles. The van der Waals surface area contributed by atoms with Crippen LogP contribution < -0.4 is 5.32 Å². The Balaban J connectivity index is 1.39. The first kappa shape index (κ1) is 25.0. The molecule has 7 nitrogen and oxygen atoms in total. The minimum Gasteiger partial charge on any atom is -0.478 e. The number of imidazole rings is 1. The van der Waals surface area contributed by atoms with Crippen molar-refractivity contribution in [2.75, 3.05) is 0 Å². The number of carboxylic acids is 1. The first-order valence-corrected chi connectivity index (χ1v) is 13.0. The van der Waals surface area contributed by atoms with Gasteiger partial charge in [0.05, 0.1) is 40.2 Å². The van der Waals surface area contributed by atoms with E-state index >= 15 is 0 Å². The number of carbonyl (C=O) groups excluding carboxylic acids is 1. The second-order valence-electron chi connectivity index (χ2n) is 9.79. The first-order chi connectivity index (χ1) is 19.5. The highest BCUT2D eigenvalue weighted by Gasteiger charge is 2.20. The van der Waals surface area contributed by atoms with Gasteiger partial charge in [0.1, 0.15) is 0 Å². The monoisotopic (exact) mass is 526 g/mol. The fraction of sp³-hybridized carbons (Fsp3) is 0.0909. The number of fused-ring (bicyclic) bond motifs is 2. The van der Waals surface area contributed by atoms with E-state index in [2.05, 4.69) is 22.4 Å². The number of pyridine rings is 2. The van der Waals surface area contributed by atoms with Gasteiger partial charge in [-0.05, 0) is 59.5 Å². The Labute approximate surface area is 230 Å². The van der Waals surface area contributed by atoms with Crippen molar-refractivity contribution in [2.45, 2.75) is 19.4 Å². The van der Waals surface area contributed by atoms with Gasteiger partial charge in [-0.25, -0.2) is 9.78 Å². The van der Waals surface area contributed by atoms with Gasteiger partial charge in [0.15, 0.2) is 0 Å². The summed E-state index contributed by atoms with van der Waals surface area (Å²) in [4.78, 5) is 34.3. The van der Waals surface area contributed by atoms with Crippen LogP contribution in [0.2, 0.25) is 0 Å². The summed E-state index contributed by atoms with van der Waals surface area (Å²) in [7, 11) is 0. The van der Waals surface area contributed by atoms with Gasteiger partial charge in [0.25, 0.3) is 5.91 Å². The van der Waals surface area contributed by atoms with E-state index in [1.54, 1.807) is 36.8 Å². The van der Waals surface area contributed by atoms with Crippen LogP contribution in [0.15, 0.2) is 110 Å². The van der Waals surface area contributed by atoms with Gasteiger partial charge in [-0.1, -0.05) is 60.7 Å². The van der Waals surface area contributed by atoms with Crippen LogP contribution in [-0.4, -0.2) is 31.4 Å². The van der Waals surface area contributed by atoms with Crippen molar-refractivity contribution in [1.29, 1.82) is 0 Å². The SMILES string of the molecule is C[C@H](NC(=O)c1cc(-c2ccccc2)cn2cnc(Cc3ccc4cccnc4c3)c12)c1ccc(C(=O)O)cc1. The molecular weight excluding hydrogens is 500 g/mol. The third-order valence-corrected chi connectivity index (χ3v) is 7.10. The molecule has 6 rings (SSSR count). The summed E-state index contributed by atoms with van der Waals surface area (Å²) in [5.41, 5.74) is 6.92. The van der Waals surface area contributed by atoms with Gasteiger partial charge >= 0.3 is 5.97 Å². The lowest BCUT2D eigenvalue weighted by Crippen LogP contribution is -2.27. The van der Waals surface area contributed by atoms with Crippen LogP contribution >= 0.6 is 0 Å². The summed E-state index contributed by atoms with van der Waals surface area (Å²) in [5, 5.41) is 13.4. The molecule has 0 aliphatic carbocycles. The van der Waals surface area contributed by atoms with Crippen molar-refractivity contribution in [3.05, 3.63) is 138 Å². The van der Waals surface area contributed by atoms with Crippen molar-refractivity contribution < 1.29 is 14.7 Å². The Morgan fingerprint density at radius 2 is 1.70 bits per heavy atom. The van der Waals surface area contributed by atoms with E-state index < -0.39 is 5.97 Å². The predicted molar refractivity (Wildman–Crippen MR) is 154 cm³/mol. The Morgan fingerprint density at radius 3 is 2.48 bits per heavy atom. The lowest BCUT2D eigenvalue weighted by atomic mass is 10.0. The highest BCUT2D eigenvalue weighted by molar-refractivity contribution is 6.03. The minimum absolute atomic E-state index is 0.201. The highest BCUT2D eigenvalue weighted by atomic mass is 16.4. The molecule has 3 aromatic carbocycles. The second-order valence-corrected chi connectivity index (χ2v) is 9.79. The number of benzene rings is 3. The van der Waals surface area contributed by atoms with Crippen LogP contribution in [0.5, 0.6) is 0 Å². The number of carboxylic acid groups (broad SMARTS) is 1. The van der Waals surface area contributed by atoms with E-state index in [1.807, 2.05) is 72.1 Å². The molecule has 1 atom stereocenters. The van der Waals surface area contributed by atoms with Gasteiger partial charge in [0, 0.05) is 24.2 Å². The summed E-state index contributed by atoms with van der Waals surface area (Å²) < 4.78 is 1.91. The third kappa shape index (κ3) is 4.92. The molecule has 0 fully saturated rings. The van der Waals surface area contributed by atoms with Crippen molar-refractivity contribution in [1.82, 2.24) is 19.7 Å². The molecule has 3 heterocycles. The number of amides is 1. The van der Waals surface area contributed by atoms with E-state index in [1.165, 1.54) is 0 Å². The third-order valence-electron chi connectivity index (χ3n) is 7.10. The number of carbonyl (C=O) groups is 2. The maximum absolute atomic E-state index is 13.8. The zero-order valence-electron chi connectivity index (χ0n) is 21.8. The van der Waals surface area contributed by atoms with Crippen LogP contribution in [0.4, 0.5) is 0 Å². The Bertz CT molecular complexity index is 1860.